The molecule has 0 fully saturated rings. The molecule has 0 aliphatic carbocycles. The van der Waals surface area contributed by atoms with Gasteiger partial charge in [-0.05, 0) is 6.92 Å². The highest BCUT2D eigenvalue weighted by Gasteiger charge is 2.26. The Morgan fingerprint density at radius 3 is 2.90 bits per heavy atom. The summed E-state index contributed by atoms with van der Waals surface area (Å²) in [6, 6.07) is 0. The quantitative estimate of drug-likeness (QED) is 0.791. The summed E-state index contributed by atoms with van der Waals surface area (Å²) in [6.45, 7) is 1.59. The van der Waals surface area contributed by atoms with Gasteiger partial charge in [-0.25, -0.2) is 13.6 Å². The number of alkyl halides is 2. The van der Waals surface area contributed by atoms with Crippen molar-refractivity contribution in [2.45, 2.75) is 19.9 Å². The molecule has 0 atom stereocenters. The molecule has 0 aliphatic rings. The number of carbonyl (C=O) groups excluding carboxylic acids is 1. The van der Waals surface area contributed by atoms with Gasteiger partial charge in [0.15, 0.2) is 0 Å². The number of carbonyl (C=O) groups is 1. The smallest absolute Gasteiger partial charge is 0.341 e. The molecule has 0 amide bonds. The van der Waals surface area contributed by atoms with Gasteiger partial charge in [0.05, 0.1) is 19.3 Å². The normalized spacial score (nSPS) is 11.1. The second-order valence-electron chi connectivity index (χ2n) is 3.62. The number of hydrogen-bond donors (Lipinski definition) is 0. The molecule has 10 heteroatoms. The number of nitrogens with zero attached hydrogens (tertiary/aromatic N) is 4. The summed E-state index contributed by atoms with van der Waals surface area (Å²) in [5.74, 6) is -0.837. The maximum absolute atomic E-state index is 13.1. The third-order valence-electron chi connectivity index (χ3n) is 2.39. The number of ether oxygens (including phenoxy) is 1. The minimum absolute atomic E-state index is 0.0889. The van der Waals surface area contributed by atoms with Crippen molar-refractivity contribution < 1.29 is 18.3 Å². The van der Waals surface area contributed by atoms with Gasteiger partial charge in [0.25, 0.3) is 6.43 Å². The van der Waals surface area contributed by atoms with Gasteiger partial charge in [-0.3, -0.25) is 4.68 Å². The van der Waals surface area contributed by atoms with Gasteiger partial charge in [0, 0.05) is 11.5 Å². The van der Waals surface area contributed by atoms with Crippen LogP contribution in [0.2, 0.25) is 4.34 Å². The van der Waals surface area contributed by atoms with Crippen molar-refractivity contribution in [3.63, 3.8) is 0 Å². The van der Waals surface area contributed by atoms with Gasteiger partial charge >= 0.3 is 5.97 Å². The Balaban J connectivity index is 2.34. The Labute approximate surface area is 121 Å². The lowest BCUT2D eigenvalue weighted by atomic mass is 10.2. The van der Waals surface area contributed by atoms with E-state index in [4.69, 9.17) is 16.3 Å². The van der Waals surface area contributed by atoms with Crippen molar-refractivity contribution in [3.05, 3.63) is 27.5 Å². The Bertz CT molecular complexity index is 616. The van der Waals surface area contributed by atoms with Crippen LogP contribution in [0.4, 0.5) is 8.78 Å². The number of esters is 1. The van der Waals surface area contributed by atoms with E-state index in [9.17, 15) is 13.6 Å². The van der Waals surface area contributed by atoms with Crippen molar-refractivity contribution in [1.29, 1.82) is 0 Å². The van der Waals surface area contributed by atoms with Crippen LogP contribution in [-0.2, 0) is 11.3 Å². The molecule has 2 rings (SSSR count). The predicted octanol–water partition coefficient (Wildman–Crippen LogP) is 2.55. The van der Waals surface area contributed by atoms with Crippen LogP contribution in [-0.4, -0.2) is 31.9 Å². The number of hydrogen-bond acceptors (Lipinski definition) is 6. The molecule has 0 spiro atoms. The molecule has 0 aliphatic heterocycles. The summed E-state index contributed by atoms with van der Waals surface area (Å²) in [5.41, 5.74) is -0.467. The van der Waals surface area contributed by atoms with E-state index in [-0.39, 0.29) is 18.7 Å². The Kier molecular flexibility index (Phi) is 4.61. The van der Waals surface area contributed by atoms with Crippen LogP contribution in [0.25, 0.3) is 0 Å². The highest BCUT2D eigenvalue weighted by Crippen LogP contribution is 2.26. The van der Waals surface area contributed by atoms with Gasteiger partial charge in [0.1, 0.15) is 21.3 Å². The van der Waals surface area contributed by atoms with Crippen LogP contribution in [0.1, 0.15) is 35.1 Å². The molecule has 2 aromatic rings. The van der Waals surface area contributed by atoms with E-state index in [0.29, 0.717) is 10.0 Å². The molecule has 0 saturated heterocycles. The fraction of sp³-hybridized carbons (Fsp3) is 0.400. The second kappa shape index (κ2) is 6.23. The maximum Gasteiger partial charge on any atom is 0.341 e. The molecule has 0 aromatic carbocycles. The highest BCUT2D eigenvalue weighted by atomic mass is 35.5. The van der Waals surface area contributed by atoms with Gasteiger partial charge in [-0.2, -0.15) is 5.10 Å². The molecule has 0 bridgehead atoms. The molecule has 20 heavy (non-hydrogen) atoms. The summed E-state index contributed by atoms with van der Waals surface area (Å²) in [7, 11) is 0. The molecular formula is C10H9ClF2N4O2S. The topological polar surface area (TPSA) is 69.9 Å². The van der Waals surface area contributed by atoms with E-state index in [1.165, 1.54) is 0 Å². The van der Waals surface area contributed by atoms with Crippen LogP contribution < -0.4 is 0 Å². The van der Waals surface area contributed by atoms with E-state index < -0.39 is 18.1 Å². The summed E-state index contributed by atoms with van der Waals surface area (Å²) in [4.78, 5) is 11.6. The van der Waals surface area contributed by atoms with Crippen LogP contribution in [0.3, 0.4) is 0 Å². The maximum atomic E-state index is 13.1. The lowest BCUT2D eigenvalue weighted by Crippen LogP contribution is -2.12. The van der Waals surface area contributed by atoms with Gasteiger partial charge in [0.2, 0.25) is 0 Å². The number of halogens is 3. The fourth-order valence-corrected chi connectivity index (χ4v) is 2.16. The summed E-state index contributed by atoms with van der Waals surface area (Å²) < 4.78 is 35.8. The van der Waals surface area contributed by atoms with Gasteiger partial charge in [-0.1, -0.05) is 16.1 Å². The van der Waals surface area contributed by atoms with E-state index in [2.05, 4.69) is 14.7 Å². The van der Waals surface area contributed by atoms with E-state index in [1.807, 2.05) is 0 Å². The third-order valence-corrected chi connectivity index (χ3v) is 3.38. The molecular weight excluding hydrogens is 314 g/mol. The molecule has 108 valence electrons. The van der Waals surface area contributed by atoms with Gasteiger partial charge in [-0.15, -0.1) is 5.10 Å². The predicted molar refractivity (Wildman–Crippen MR) is 67.2 cm³/mol. The second-order valence-corrected chi connectivity index (χ2v) is 4.97. The Morgan fingerprint density at radius 2 is 2.35 bits per heavy atom. The van der Waals surface area contributed by atoms with E-state index in [0.717, 1.165) is 22.4 Å². The molecule has 2 aromatic heterocycles. The lowest BCUT2D eigenvalue weighted by molar-refractivity contribution is 0.0513. The number of rotatable bonds is 5. The standard InChI is InChI=1S/C10H9ClF2N4O2S/c1-2-19-10(18)5-3-14-17(7(5)9(12)13)4-6-8(11)20-16-15-6/h3,9H,2,4H2,1H3. The zero-order chi connectivity index (χ0) is 14.7. The lowest BCUT2D eigenvalue weighted by Gasteiger charge is -2.07. The summed E-state index contributed by atoms with van der Waals surface area (Å²) in [6.07, 6.45) is -1.82. The first kappa shape index (κ1) is 14.8. The molecule has 0 radical (unpaired) electrons. The van der Waals surface area contributed by atoms with Crippen molar-refractivity contribution in [2.24, 2.45) is 0 Å². The first-order chi connectivity index (χ1) is 9.54. The Morgan fingerprint density at radius 1 is 1.60 bits per heavy atom. The van der Waals surface area contributed by atoms with E-state index in [1.54, 1.807) is 6.92 Å². The minimum Gasteiger partial charge on any atom is -0.462 e. The van der Waals surface area contributed by atoms with Crippen molar-refractivity contribution in [2.75, 3.05) is 6.61 Å². The molecule has 2 heterocycles. The average molecular weight is 323 g/mol. The first-order valence-corrected chi connectivity index (χ1v) is 6.67. The van der Waals surface area contributed by atoms with Crippen molar-refractivity contribution in [1.82, 2.24) is 19.4 Å². The Hall–Kier alpha value is -1.61. The van der Waals surface area contributed by atoms with Crippen molar-refractivity contribution >= 4 is 29.1 Å². The largest absolute Gasteiger partial charge is 0.462 e. The average Bonchev–Trinajstić information content (AvgIpc) is 2.97. The molecule has 0 unspecified atom stereocenters. The zero-order valence-corrected chi connectivity index (χ0v) is 11.8. The number of aromatic nitrogens is 4. The van der Waals surface area contributed by atoms with Gasteiger partial charge < -0.3 is 4.74 Å². The monoisotopic (exact) mass is 322 g/mol. The fourth-order valence-electron chi connectivity index (χ4n) is 1.55. The highest BCUT2D eigenvalue weighted by molar-refractivity contribution is 7.10. The van der Waals surface area contributed by atoms with Crippen LogP contribution in [0, 0.1) is 0 Å². The molecule has 0 saturated carbocycles. The van der Waals surface area contributed by atoms with E-state index >= 15 is 0 Å². The molecule has 0 N–H and O–H groups in total. The van der Waals surface area contributed by atoms with Crippen LogP contribution in [0.15, 0.2) is 6.20 Å². The first-order valence-electron chi connectivity index (χ1n) is 5.52. The zero-order valence-electron chi connectivity index (χ0n) is 10.2. The van der Waals surface area contributed by atoms with Crippen molar-refractivity contribution in [3.8, 4) is 0 Å². The SMILES string of the molecule is CCOC(=O)c1cnn(Cc2nnsc2Cl)c1C(F)F. The minimum atomic E-state index is -2.87. The third kappa shape index (κ3) is 2.93. The molecule has 6 nitrogen and oxygen atoms in total. The summed E-state index contributed by atoms with van der Waals surface area (Å²) >= 11 is 6.76. The van der Waals surface area contributed by atoms with Crippen LogP contribution >= 0.6 is 23.1 Å². The van der Waals surface area contributed by atoms with Crippen LogP contribution in [0.5, 0.6) is 0 Å². The summed E-state index contributed by atoms with van der Waals surface area (Å²) in [5, 5.41) is 7.49.